The van der Waals surface area contributed by atoms with Crippen LogP contribution in [-0.2, 0) is 0 Å². The first-order valence-electron chi connectivity index (χ1n) is 5.51. The van der Waals surface area contributed by atoms with Crippen LogP contribution in [0.25, 0.3) is 0 Å². The van der Waals surface area contributed by atoms with Crippen molar-refractivity contribution in [2.75, 3.05) is 13.1 Å². The van der Waals surface area contributed by atoms with E-state index in [4.69, 9.17) is 0 Å². The van der Waals surface area contributed by atoms with Crippen molar-refractivity contribution in [1.82, 2.24) is 4.90 Å². The number of halogens is 2. The van der Waals surface area contributed by atoms with Crippen LogP contribution in [0, 0.1) is 5.82 Å². The highest BCUT2D eigenvalue weighted by molar-refractivity contribution is 9.10. The van der Waals surface area contributed by atoms with Crippen molar-refractivity contribution in [3.8, 4) is 0 Å². The fourth-order valence-electron chi connectivity index (χ4n) is 1.98. The summed E-state index contributed by atoms with van der Waals surface area (Å²) in [6.07, 6.45) is 0.954. The highest BCUT2D eigenvalue weighted by Gasteiger charge is 2.25. The third-order valence-electron chi connectivity index (χ3n) is 2.87. The van der Waals surface area contributed by atoms with Gasteiger partial charge in [0.2, 0.25) is 0 Å². The minimum Gasteiger partial charge on any atom is -0.391 e. The van der Waals surface area contributed by atoms with Gasteiger partial charge >= 0.3 is 0 Å². The lowest BCUT2D eigenvalue weighted by Crippen LogP contribution is -2.42. The molecule has 1 saturated heterocycles. The number of piperidine rings is 1. The van der Waals surface area contributed by atoms with E-state index in [9.17, 15) is 14.3 Å². The Labute approximate surface area is 107 Å². The monoisotopic (exact) mass is 301 g/mol. The van der Waals surface area contributed by atoms with Crippen LogP contribution in [0.1, 0.15) is 23.2 Å². The van der Waals surface area contributed by atoms with Crippen LogP contribution >= 0.6 is 15.9 Å². The van der Waals surface area contributed by atoms with Gasteiger partial charge in [-0.25, -0.2) is 4.39 Å². The molecule has 1 unspecified atom stereocenters. The molecule has 0 aromatic heterocycles. The van der Waals surface area contributed by atoms with Crippen LogP contribution in [0.2, 0.25) is 0 Å². The molecule has 0 aliphatic carbocycles. The summed E-state index contributed by atoms with van der Waals surface area (Å²) in [5, 5.41) is 9.50. The zero-order valence-electron chi connectivity index (χ0n) is 9.20. The van der Waals surface area contributed by atoms with Crippen molar-refractivity contribution in [1.29, 1.82) is 0 Å². The number of amides is 1. The van der Waals surface area contributed by atoms with E-state index in [0.29, 0.717) is 13.0 Å². The molecule has 3 nitrogen and oxygen atoms in total. The summed E-state index contributed by atoms with van der Waals surface area (Å²) in [4.78, 5) is 13.6. The van der Waals surface area contributed by atoms with Gasteiger partial charge < -0.3 is 10.0 Å². The largest absolute Gasteiger partial charge is 0.391 e. The second-order valence-electron chi connectivity index (χ2n) is 4.15. The minimum absolute atomic E-state index is 0.0495. The fourth-order valence-corrected chi connectivity index (χ4v) is 2.34. The number of carbonyl (C=O) groups is 1. The number of hydrogen-bond donors (Lipinski definition) is 1. The summed E-state index contributed by atoms with van der Waals surface area (Å²) in [6, 6.07) is 4.64. The van der Waals surface area contributed by atoms with Crippen LogP contribution in [0.3, 0.4) is 0 Å². The van der Waals surface area contributed by atoms with E-state index in [1.165, 1.54) is 11.0 Å². The van der Waals surface area contributed by atoms with Gasteiger partial charge in [-0.15, -0.1) is 0 Å². The number of likely N-dealkylation sites (tertiary alicyclic amines) is 1. The molecule has 1 aromatic rings. The molecule has 1 aliphatic heterocycles. The lowest BCUT2D eigenvalue weighted by atomic mass is 10.1. The van der Waals surface area contributed by atoms with Gasteiger partial charge in [0, 0.05) is 13.1 Å². The normalized spacial score (nSPS) is 20.4. The zero-order chi connectivity index (χ0) is 12.4. The topological polar surface area (TPSA) is 40.5 Å². The number of benzene rings is 1. The Hall–Kier alpha value is -0.940. The summed E-state index contributed by atoms with van der Waals surface area (Å²) in [6.45, 7) is 0.854. The minimum atomic E-state index is -0.544. The molecule has 1 amide bonds. The predicted octanol–water partition coefficient (Wildman–Crippen LogP) is 2.19. The lowest BCUT2D eigenvalue weighted by Gasteiger charge is -2.30. The molecule has 1 heterocycles. The highest BCUT2D eigenvalue weighted by Crippen LogP contribution is 2.21. The molecule has 5 heteroatoms. The average molecular weight is 302 g/mol. The van der Waals surface area contributed by atoms with Crippen LogP contribution in [0.5, 0.6) is 0 Å². The standard InChI is InChI=1S/C12H13BrFNO2/c13-10-5-1-4-9(11(10)14)12(17)15-6-2-3-8(16)7-15/h1,4-5,8,16H,2-3,6-7H2. The van der Waals surface area contributed by atoms with Gasteiger partial charge in [0.05, 0.1) is 16.1 Å². The van der Waals surface area contributed by atoms with Crippen LogP contribution in [0.4, 0.5) is 4.39 Å². The SMILES string of the molecule is O=C(c1cccc(Br)c1F)N1CCCC(O)C1. The number of aliphatic hydroxyl groups excluding tert-OH is 1. The van der Waals surface area contributed by atoms with E-state index in [0.717, 1.165) is 6.42 Å². The summed E-state index contributed by atoms with van der Waals surface area (Å²) in [5.74, 6) is -0.903. The van der Waals surface area contributed by atoms with Gasteiger partial charge in [0.25, 0.3) is 5.91 Å². The Bertz CT molecular complexity index is 439. The second-order valence-corrected chi connectivity index (χ2v) is 5.00. The number of carbonyl (C=O) groups excluding carboxylic acids is 1. The molecule has 1 N–H and O–H groups in total. The maximum absolute atomic E-state index is 13.7. The van der Waals surface area contributed by atoms with Crippen LogP contribution in [-0.4, -0.2) is 35.1 Å². The summed E-state index contributed by atoms with van der Waals surface area (Å²) >= 11 is 3.06. The van der Waals surface area contributed by atoms with E-state index in [2.05, 4.69) is 15.9 Å². The van der Waals surface area contributed by atoms with E-state index in [1.807, 2.05) is 0 Å². The van der Waals surface area contributed by atoms with Gasteiger partial charge in [-0.2, -0.15) is 0 Å². The summed E-state index contributed by atoms with van der Waals surface area (Å²) < 4.78 is 14.0. The number of rotatable bonds is 1. The van der Waals surface area contributed by atoms with Crippen LogP contribution < -0.4 is 0 Å². The quantitative estimate of drug-likeness (QED) is 0.864. The Morgan fingerprint density at radius 1 is 1.53 bits per heavy atom. The molecule has 17 heavy (non-hydrogen) atoms. The van der Waals surface area contributed by atoms with Crippen LogP contribution in [0.15, 0.2) is 22.7 Å². The van der Waals surface area contributed by atoms with E-state index >= 15 is 0 Å². The Morgan fingerprint density at radius 3 is 3.00 bits per heavy atom. The molecule has 1 aromatic carbocycles. The molecule has 0 spiro atoms. The Kier molecular flexibility index (Phi) is 3.79. The molecular weight excluding hydrogens is 289 g/mol. The molecule has 1 aliphatic rings. The molecule has 0 bridgehead atoms. The number of hydrogen-bond acceptors (Lipinski definition) is 2. The predicted molar refractivity (Wildman–Crippen MR) is 65.2 cm³/mol. The van der Waals surface area contributed by atoms with Crippen molar-refractivity contribution in [2.24, 2.45) is 0 Å². The van der Waals surface area contributed by atoms with E-state index in [-0.39, 0.29) is 22.5 Å². The first-order valence-corrected chi connectivity index (χ1v) is 6.30. The number of aliphatic hydroxyl groups is 1. The number of β-amino-alcohol motifs (C(OH)–C–C–N with tert-alkyl or cyclic N) is 1. The zero-order valence-corrected chi connectivity index (χ0v) is 10.8. The van der Waals surface area contributed by atoms with Crippen molar-refractivity contribution in [3.05, 3.63) is 34.1 Å². The van der Waals surface area contributed by atoms with Gasteiger partial charge in [-0.05, 0) is 40.9 Å². The third kappa shape index (κ3) is 2.66. The molecule has 0 radical (unpaired) electrons. The summed E-state index contributed by atoms with van der Waals surface area (Å²) in [5.41, 5.74) is 0.0495. The van der Waals surface area contributed by atoms with E-state index in [1.54, 1.807) is 12.1 Å². The summed E-state index contributed by atoms with van der Waals surface area (Å²) in [7, 11) is 0. The lowest BCUT2D eigenvalue weighted by molar-refractivity contribution is 0.0470. The third-order valence-corrected chi connectivity index (χ3v) is 3.48. The molecule has 2 rings (SSSR count). The molecular formula is C12H13BrFNO2. The maximum Gasteiger partial charge on any atom is 0.256 e. The fraction of sp³-hybridized carbons (Fsp3) is 0.417. The molecule has 1 atom stereocenters. The van der Waals surface area contributed by atoms with Crippen molar-refractivity contribution < 1.29 is 14.3 Å². The van der Waals surface area contributed by atoms with Gasteiger partial charge in [-0.3, -0.25) is 4.79 Å². The van der Waals surface area contributed by atoms with Crippen molar-refractivity contribution in [3.63, 3.8) is 0 Å². The first kappa shape index (κ1) is 12.5. The average Bonchev–Trinajstić information content (AvgIpc) is 2.32. The van der Waals surface area contributed by atoms with E-state index < -0.39 is 11.9 Å². The second kappa shape index (κ2) is 5.14. The highest BCUT2D eigenvalue weighted by atomic mass is 79.9. The smallest absolute Gasteiger partial charge is 0.256 e. The van der Waals surface area contributed by atoms with Gasteiger partial charge in [-0.1, -0.05) is 6.07 Å². The molecule has 92 valence electrons. The number of nitrogens with zero attached hydrogens (tertiary/aromatic N) is 1. The Balaban J connectivity index is 2.22. The van der Waals surface area contributed by atoms with Gasteiger partial charge in [0.1, 0.15) is 5.82 Å². The molecule has 1 fully saturated rings. The molecule has 0 saturated carbocycles. The Morgan fingerprint density at radius 2 is 2.29 bits per heavy atom. The maximum atomic E-state index is 13.7. The van der Waals surface area contributed by atoms with Crippen molar-refractivity contribution >= 4 is 21.8 Å². The van der Waals surface area contributed by atoms with Gasteiger partial charge in [0.15, 0.2) is 0 Å². The van der Waals surface area contributed by atoms with Crippen molar-refractivity contribution in [2.45, 2.75) is 18.9 Å². The first-order chi connectivity index (χ1) is 8.09.